The van der Waals surface area contributed by atoms with Crippen molar-refractivity contribution < 1.29 is 0 Å². The quantitative estimate of drug-likeness (QED) is 0.742. The number of hydrogen-bond acceptors (Lipinski definition) is 5. The second-order valence-electron chi connectivity index (χ2n) is 4.05. The molecular formula is C10H17N5. The van der Waals surface area contributed by atoms with Crippen LogP contribution in [0.1, 0.15) is 12.8 Å². The van der Waals surface area contributed by atoms with Gasteiger partial charge in [-0.15, -0.1) is 0 Å². The maximum Gasteiger partial charge on any atom is 0.144 e. The molecule has 5 heteroatoms. The highest BCUT2D eigenvalue weighted by atomic mass is 15.1. The number of nitrogens with zero attached hydrogens (tertiary/aromatic N) is 3. The second kappa shape index (κ2) is 4.44. The fourth-order valence-corrected chi connectivity index (χ4v) is 1.77. The summed E-state index contributed by atoms with van der Waals surface area (Å²) in [7, 11) is 2.15. The van der Waals surface area contributed by atoms with E-state index in [0.29, 0.717) is 11.9 Å². The summed E-state index contributed by atoms with van der Waals surface area (Å²) < 4.78 is 0. The zero-order valence-electron chi connectivity index (χ0n) is 8.98. The summed E-state index contributed by atoms with van der Waals surface area (Å²) in [4.78, 5) is 10.5. The van der Waals surface area contributed by atoms with E-state index in [0.717, 1.165) is 31.7 Å². The fraction of sp³-hybridized carbons (Fsp3) is 0.600. The van der Waals surface area contributed by atoms with Crippen LogP contribution in [0.25, 0.3) is 0 Å². The van der Waals surface area contributed by atoms with Crippen LogP contribution >= 0.6 is 0 Å². The topological polar surface area (TPSA) is 67.1 Å². The van der Waals surface area contributed by atoms with Gasteiger partial charge in [-0.3, -0.25) is 0 Å². The van der Waals surface area contributed by atoms with Gasteiger partial charge in [-0.25, -0.2) is 9.97 Å². The summed E-state index contributed by atoms with van der Waals surface area (Å²) in [5.74, 6) is 1.28. The molecule has 3 N–H and O–H groups in total. The number of nitrogens with two attached hydrogens (primary N) is 1. The number of anilines is 2. The van der Waals surface area contributed by atoms with Gasteiger partial charge >= 0.3 is 0 Å². The molecule has 0 unspecified atom stereocenters. The van der Waals surface area contributed by atoms with Crippen molar-refractivity contribution in [2.45, 2.75) is 18.9 Å². The van der Waals surface area contributed by atoms with Crippen molar-refractivity contribution in [1.29, 1.82) is 0 Å². The molecule has 15 heavy (non-hydrogen) atoms. The summed E-state index contributed by atoms with van der Waals surface area (Å²) >= 11 is 0. The molecule has 1 aromatic rings. The smallest absolute Gasteiger partial charge is 0.144 e. The van der Waals surface area contributed by atoms with E-state index in [1.807, 2.05) is 0 Å². The molecule has 1 aliphatic heterocycles. The van der Waals surface area contributed by atoms with E-state index < -0.39 is 0 Å². The first kappa shape index (κ1) is 10.2. The van der Waals surface area contributed by atoms with Crippen molar-refractivity contribution in [3.8, 4) is 0 Å². The molecule has 0 aromatic carbocycles. The minimum Gasteiger partial charge on any atom is -0.382 e. The Morgan fingerprint density at radius 2 is 2.07 bits per heavy atom. The van der Waals surface area contributed by atoms with Crippen LogP contribution in [0.5, 0.6) is 0 Å². The Labute approximate surface area is 89.7 Å². The second-order valence-corrected chi connectivity index (χ2v) is 4.05. The molecule has 0 spiro atoms. The van der Waals surface area contributed by atoms with Gasteiger partial charge in [0.2, 0.25) is 0 Å². The number of likely N-dealkylation sites (tertiary alicyclic amines) is 1. The summed E-state index contributed by atoms with van der Waals surface area (Å²) in [6, 6.07) is 0.513. The summed E-state index contributed by atoms with van der Waals surface area (Å²) in [6.07, 6.45) is 5.58. The predicted octanol–water partition coefficient (Wildman–Crippen LogP) is 0.565. The van der Waals surface area contributed by atoms with Crippen LogP contribution in [0.4, 0.5) is 11.6 Å². The molecule has 0 radical (unpaired) electrons. The first-order chi connectivity index (χ1) is 7.24. The van der Waals surface area contributed by atoms with Crippen molar-refractivity contribution in [2.24, 2.45) is 0 Å². The highest BCUT2D eigenvalue weighted by Crippen LogP contribution is 2.13. The lowest BCUT2D eigenvalue weighted by molar-refractivity contribution is 0.263. The maximum atomic E-state index is 5.47. The van der Waals surface area contributed by atoms with E-state index in [9.17, 15) is 0 Å². The summed E-state index contributed by atoms with van der Waals surface area (Å²) in [5.41, 5.74) is 5.47. The molecule has 2 heterocycles. The molecule has 0 aliphatic carbocycles. The van der Waals surface area contributed by atoms with Gasteiger partial charge in [0.05, 0.1) is 12.4 Å². The van der Waals surface area contributed by atoms with Crippen molar-refractivity contribution in [3.05, 3.63) is 12.4 Å². The zero-order chi connectivity index (χ0) is 10.7. The largest absolute Gasteiger partial charge is 0.382 e. The van der Waals surface area contributed by atoms with Crippen LogP contribution in [-0.2, 0) is 0 Å². The maximum absolute atomic E-state index is 5.47. The Morgan fingerprint density at radius 3 is 2.67 bits per heavy atom. The lowest BCUT2D eigenvalue weighted by atomic mass is 10.1. The van der Waals surface area contributed by atoms with E-state index in [2.05, 4.69) is 27.2 Å². The Morgan fingerprint density at radius 1 is 1.33 bits per heavy atom. The van der Waals surface area contributed by atoms with Crippen LogP contribution in [-0.4, -0.2) is 41.0 Å². The van der Waals surface area contributed by atoms with Crippen LogP contribution < -0.4 is 11.1 Å². The summed E-state index contributed by atoms with van der Waals surface area (Å²) in [6.45, 7) is 2.28. The standard InChI is InChI=1S/C10H17N5/c1-15-4-2-8(3-5-15)14-10-7-12-9(11)6-13-10/h6-8H,2-5H2,1H3,(H2,11,12)(H,13,14). The molecule has 0 saturated carbocycles. The Bertz CT molecular complexity index is 302. The SMILES string of the molecule is CN1CCC(Nc2cnc(N)cn2)CC1. The van der Waals surface area contributed by atoms with E-state index in [1.165, 1.54) is 0 Å². The third-order valence-electron chi connectivity index (χ3n) is 2.74. The first-order valence-electron chi connectivity index (χ1n) is 5.26. The van der Waals surface area contributed by atoms with Gasteiger partial charge in [0.1, 0.15) is 11.6 Å². The molecule has 1 aromatic heterocycles. The molecule has 0 atom stereocenters. The molecule has 1 aliphatic rings. The lowest BCUT2D eigenvalue weighted by Gasteiger charge is -2.29. The predicted molar refractivity (Wildman–Crippen MR) is 60.6 cm³/mol. The van der Waals surface area contributed by atoms with Gasteiger partial charge in [-0.2, -0.15) is 0 Å². The van der Waals surface area contributed by atoms with Crippen LogP contribution in [0, 0.1) is 0 Å². The minimum atomic E-state index is 0.462. The van der Waals surface area contributed by atoms with Crippen molar-refractivity contribution >= 4 is 11.6 Å². The highest BCUT2D eigenvalue weighted by molar-refractivity contribution is 5.36. The van der Waals surface area contributed by atoms with Crippen molar-refractivity contribution in [3.63, 3.8) is 0 Å². The fourth-order valence-electron chi connectivity index (χ4n) is 1.77. The monoisotopic (exact) mass is 207 g/mol. The van der Waals surface area contributed by atoms with Crippen molar-refractivity contribution in [1.82, 2.24) is 14.9 Å². The van der Waals surface area contributed by atoms with Gasteiger partial charge in [-0.05, 0) is 33.0 Å². The van der Waals surface area contributed by atoms with Gasteiger partial charge in [-0.1, -0.05) is 0 Å². The number of rotatable bonds is 2. The summed E-state index contributed by atoms with van der Waals surface area (Å²) in [5, 5.41) is 3.37. The molecule has 1 fully saturated rings. The van der Waals surface area contributed by atoms with Gasteiger partial charge in [0, 0.05) is 6.04 Å². The number of piperidine rings is 1. The minimum absolute atomic E-state index is 0.462. The third kappa shape index (κ3) is 2.79. The number of hydrogen-bond donors (Lipinski definition) is 2. The average Bonchev–Trinajstić information content (AvgIpc) is 2.25. The number of nitrogen functional groups attached to an aromatic ring is 1. The molecule has 82 valence electrons. The van der Waals surface area contributed by atoms with E-state index in [1.54, 1.807) is 12.4 Å². The highest BCUT2D eigenvalue weighted by Gasteiger charge is 2.16. The molecule has 1 saturated heterocycles. The van der Waals surface area contributed by atoms with E-state index in [4.69, 9.17) is 5.73 Å². The van der Waals surface area contributed by atoms with Crippen LogP contribution in [0.3, 0.4) is 0 Å². The molecule has 0 bridgehead atoms. The van der Waals surface area contributed by atoms with E-state index >= 15 is 0 Å². The van der Waals surface area contributed by atoms with E-state index in [-0.39, 0.29) is 0 Å². The number of nitrogens with one attached hydrogen (secondary N) is 1. The Balaban J connectivity index is 1.89. The van der Waals surface area contributed by atoms with Crippen LogP contribution in [0.2, 0.25) is 0 Å². The molecular weight excluding hydrogens is 190 g/mol. The first-order valence-corrected chi connectivity index (χ1v) is 5.26. The van der Waals surface area contributed by atoms with Gasteiger partial charge in [0.25, 0.3) is 0 Å². The molecule has 2 rings (SSSR count). The Kier molecular flexibility index (Phi) is 3.01. The lowest BCUT2D eigenvalue weighted by Crippen LogP contribution is -2.36. The number of aromatic nitrogens is 2. The Hall–Kier alpha value is -1.36. The van der Waals surface area contributed by atoms with Gasteiger partial charge in [0.15, 0.2) is 0 Å². The van der Waals surface area contributed by atoms with Crippen LogP contribution in [0.15, 0.2) is 12.4 Å². The average molecular weight is 207 g/mol. The molecule has 0 amide bonds. The zero-order valence-corrected chi connectivity index (χ0v) is 8.98. The molecule has 5 nitrogen and oxygen atoms in total. The van der Waals surface area contributed by atoms with Crippen molar-refractivity contribution in [2.75, 3.05) is 31.2 Å². The third-order valence-corrected chi connectivity index (χ3v) is 2.74. The normalized spacial score (nSPS) is 19.0. The van der Waals surface area contributed by atoms with Gasteiger partial charge < -0.3 is 16.0 Å².